The van der Waals surface area contributed by atoms with E-state index in [0.29, 0.717) is 10.4 Å². The Labute approximate surface area is 101 Å². The summed E-state index contributed by atoms with van der Waals surface area (Å²) in [5.41, 5.74) is 0.382. The maximum atomic E-state index is 12.1. The Kier molecular flexibility index (Phi) is 5.35. The highest BCUT2D eigenvalue weighted by atomic mass is 31.2. The van der Waals surface area contributed by atoms with E-state index in [4.69, 9.17) is 9.05 Å². The van der Waals surface area contributed by atoms with Crippen LogP contribution in [0.5, 0.6) is 0 Å². The highest BCUT2D eigenvalue weighted by Gasteiger charge is 2.19. The zero-order chi connectivity index (χ0) is 12.7. The van der Waals surface area contributed by atoms with Crippen LogP contribution in [0.25, 0.3) is 6.08 Å². The normalized spacial score (nSPS) is 12.1. The Morgan fingerprint density at radius 3 is 2.53 bits per heavy atom. The summed E-state index contributed by atoms with van der Waals surface area (Å²) in [4.78, 5) is 0. The molecule has 17 heavy (non-hydrogen) atoms. The highest BCUT2D eigenvalue weighted by Crippen LogP contribution is 2.49. The monoisotopic (exact) mass is 257 g/mol. The predicted octanol–water partition coefficient (Wildman–Crippen LogP) is 2.56. The minimum Gasteiger partial charge on any atom is -0.618 e. The van der Waals surface area contributed by atoms with Gasteiger partial charge in [-0.3, -0.25) is 4.57 Å². The molecule has 0 unspecified atom stereocenters. The standard InChI is InChI=1S/C11H16NO4P/c1-3-15-17(14,16-4-2)10-8-11-7-5-6-9-12(11)13/h5-10H,3-4H2,1-2H3/b10-8+. The molecule has 0 N–H and O–H groups in total. The molecule has 0 saturated carbocycles. The van der Waals surface area contributed by atoms with E-state index >= 15 is 0 Å². The van der Waals surface area contributed by atoms with Crippen molar-refractivity contribution in [3.8, 4) is 0 Å². The largest absolute Gasteiger partial charge is 0.618 e. The predicted molar refractivity (Wildman–Crippen MR) is 65.3 cm³/mol. The van der Waals surface area contributed by atoms with Gasteiger partial charge in [0.1, 0.15) is 0 Å². The Morgan fingerprint density at radius 1 is 1.35 bits per heavy atom. The van der Waals surface area contributed by atoms with Crippen LogP contribution in [0.3, 0.4) is 0 Å². The van der Waals surface area contributed by atoms with Crippen LogP contribution in [0.4, 0.5) is 0 Å². The molecular weight excluding hydrogens is 241 g/mol. The van der Waals surface area contributed by atoms with E-state index in [1.807, 2.05) is 0 Å². The molecule has 0 atom stereocenters. The zero-order valence-electron chi connectivity index (χ0n) is 9.91. The summed E-state index contributed by atoms with van der Waals surface area (Å²) in [5, 5.41) is 11.3. The van der Waals surface area contributed by atoms with Crippen molar-refractivity contribution in [2.45, 2.75) is 13.8 Å². The molecule has 0 saturated heterocycles. The van der Waals surface area contributed by atoms with Crippen molar-refractivity contribution in [1.82, 2.24) is 0 Å². The van der Waals surface area contributed by atoms with Gasteiger partial charge in [-0.15, -0.1) is 0 Å². The average Bonchev–Trinajstić information content (AvgIpc) is 2.29. The maximum Gasteiger partial charge on any atom is 0.354 e. The van der Waals surface area contributed by atoms with Crippen molar-refractivity contribution in [2.75, 3.05) is 13.2 Å². The third kappa shape index (κ3) is 4.30. The molecule has 0 aliphatic heterocycles. The second-order valence-electron chi connectivity index (χ2n) is 3.14. The lowest BCUT2D eigenvalue weighted by Gasteiger charge is -2.12. The lowest BCUT2D eigenvalue weighted by atomic mass is 10.3. The fourth-order valence-corrected chi connectivity index (χ4v) is 2.52. The molecule has 0 bridgehead atoms. The Morgan fingerprint density at radius 2 is 2.00 bits per heavy atom. The van der Waals surface area contributed by atoms with Crippen LogP contribution < -0.4 is 4.73 Å². The van der Waals surface area contributed by atoms with Gasteiger partial charge < -0.3 is 14.3 Å². The Bertz CT molecular complexity index is 423. The van der Waals surface area contributed by atoms with E-state index in [2.05, 4.69) is 0 Å². The quantitative estimate of drug-likeness (QED) is 0.446. The first kappa shape index (κ1) is 13.9. The summed E-state index contributed by atoms with van der Waals surface area (Å²) in [7, 11) is -3.24. The lowest BCUT2D eigenvalue weighted by Crippen LogP contribution is -2.28. The molecule has 1 aromatic heterocycles. The van der Waals surface area contributed by atoms with Crippen LogP contribution in [0.1, 0.15) is 19.5 Å². The molecule has 6 heteroatoms. The van der Waals surface area contributed by atoms with Crippen LogP contribution in [-0.4, -0.2) is 13.2 Å². The molecule has 0 radical (unpaired) electrons. The van der Waals surface area contributed by atoms with E-state index in [1.54, 1.807) is 32.0 Å². The molecule has 1 rings (SSSR count). The van der Waals surface area contributed by atoms with Gasteiger partial charge in [0.15, 0.2) is 6.20 Å². The summed E-state index contributed by atoms with van der Waals surface area (Å²) in [6.45, 7) is 4.03. The number of hydrogen-bond donors (Lipinski definition) is 0. The van der Waals surface area contributed by atoms with Gasteiger partial charge in [-0.25, -0.2) is 0 Å². The molecule has 0 aliphatic rings. The van der Waals surface area contributed by atoms with Crippen molar-refractivity contribution in [2.24, 2.45) is 0 Å². The summed E-state index contributed by atoms with van der Waals surface area (Å²) < 4.78 is 22.9. The van der Waals surface area contributed by atoms with Crippen molar-refractivity contribution in [3.05, 3.63) is 41.1 Å². The summed E-state index contributed by atoms with van der Waals surface area (Å²) in [6.07, 6.45) is 2.81. The van der Waals surface area contributed by atoms with Crippen LogP contribution >= 0.6 is 7.60 Å². The van der Waals surface area contributed by atoms with Gasteiger partial charge >= 0.3 is 7.60 Å². The molecular formula is C11H16NO4P. The van der Waals surface area contributed by atoms with Crippen LogP contribution in [0, 0.1) is 5.21 Å². The van der Waals surface area contributed by atoms with Gasteiger partial charge in [0.05, 0.1) is 13.2 Å². The van der Waals surface area contributed by atoms with Crippen molar-refractivity contribution in [3.63, 3.8) is 0 Å². The maximum absolute atomic E-state index is 12.1. The minimum atomic E-state index is -3.24. The van der Waals surface area contributed by atoms with E-state index in [-0.39, 0.29) is 13.2 Å². The van der Waals surface area contributed by atoms with E-state index in [1.165, 1.54) is 18.1 Å². The smallest absolute Gasteiger partial charge is 0.354 e. The summed E-state index contributed by atoms with van der Waals surface area (Å²) in [5.74, 6) is 1.31. The van der Waals surface area contributed by atoms with E-state index < -0.39 is 7.60 Å². The van der Waals surface area contributed by atoms with Crippen LogP contribution in [0.2, 0.25) is 0 Å². The second-order valence-corrected chi connectivity index (χ2v) is 5.04. The molecule has 0 amide bonds. The van der Waals surface area contributed by atoms with Crippen LogP contribution in [0.15, 0.2) is 30.2 Å². The zero-order valence-corrected chi connectivity index (χ0v) is 10.8. The SMILES string of the molecule is CCOP(=O)(/C=C/c1cccc[n+]1[O-])OCC. The van der Waals surface area contributed by atoms with E-state index in [0.717, 1.165) is 0 Å². The van der Waals surface area contributed by atoms with Crippen LogP contribution in [-0.2, 0) is 13.6 Å². The first-order valence-corrected chi connectivity index (χ1v) is 6.98. The van der Waals surface area contributed by atoms with Crippen molar-refractivity contribution < 1.29 is 18.3 Å². The number of aromatic nitrogens is 1. The fourth-order valence-electron chi connectivity index (χ4n) is 1.22. The molecule has 1 heterocycles. The third-order valence-electron chi connectivity index (χ3n) is 1.90. The summed E-state index contributed by atoms with van der Waals surface area (Å²) in [6, 6.07) is 4.96. The van der Waals surface area contributed by atoms with Gasteiger partial charge in [-0.05, 0) is 19.9 Å². The first-order valence-electron chi connectivity index (χ1n) is 5.37. The minimum absolute atomic E-state index is 0.285. The van der Waals surface area contributed by atoms with Gasteiger partial charge in [0, 0.05) is 24.0 Å². The highest BCUT2D eigenvalue weighted by molar-refractivity contribution is 7.57. The fraction of sp³-hybridized carbons (Fsp3) is 0.364. The van der Waals surface area contributed by atoms with Crippen molar-refractivity contribution >= 4 is 13.7 Å². The van der Waals surface area contributed by atoms with Gasteiger partial charge in [-0.1, -0.05) is 0 Å². The molecule has 0 fully saturated rings. The number of rotatable bonds is 6. The third-order valence-corrected chi connectivity index (χ3v) is 3.65. The first-order chi connectivity index (χ1) is 8.11. The number of pyridine rings is 1. The second kappa shape index (κ2) is 6.55. The average molecular weight is 257 g/mol. The van der Waals surface area contributed by atoms with E-state index in [9.17, 15) is 9.77 Å². The topological polar surface area (TPSA) is 62.5 Å². The molecule has 5 nitrogen and oxygen atoms in total. The van der Waals surface area contributed by atoms with Gasteiger partial charge in [0.2, 0.25) is 5.69 Å². The molecule has 1 aromatic rings. The van der Waals surface area contributed by atoms with Gasteiger partial charge in [-0.2, -0.15) is 4.73 Å². The van der Waals surface area contributed by atoms with Gasteiger partial charge in [0.25, 0.3) is 0 Å². The number of hydrogen-bond acceptors (Lipinski definition) is 4. The lowest BCUT2D eigenvalue weighted by molar-refractivity contribution is -0.607. The Balaban J connectivity index is 2.87. The molecule has 0 spiro atoms. The number of nitrogens with zero attached hydrogens (tertiary/aromatic N) is 1. The molecule has 0 aromatic carbocycles. The molecule has 94 valence electrons. The Hall–Kier alpha value is -1.16. The molecule has 0 aliphatic carbocycles. The summed E-state index contributed by atoms with van der Waals surface area (Å²) >= 11 is 0. The van der Waals surface area contributed by atoms with Crippen molar-refractivity contribution in [1.29, 1.82) is 0 Å².